The lowest BCUT2D eigenvalue weighted by Crippen LogP contribution is -2.73. The van der Waals surface area contributed by atoms with Gasteiger partial charge in [0.2, 0.25) is 11.8 Å². The predicted molar refractivity (Wildman–Crippen MR) is 125 cm³/mol. The fourth-order valence-corrected chi connectivity index (χ4v) is 3.38. The van der Waals surface area contributed by atoms with Gasteiger partial charge < -0.3 is 9.64 Å². The fraction of sp³-hybridized carbons (Fsp3) is 0.304. The molecule has 0 fully saturated rings. The monoisotopic (exact) mass is 440 g/mol. The molecule has 2 aromatic carbocycles. The maximum atomic E-state index is 12.7. The molecule has 32 heavy (non-hydrogen) atoms. The molecule has 2 aromatic rings. The predicted octanol–water partition coefficient (Wildman–Crippen LogP) is 2.10. The molecule has 0 saturated heterocycles. The van der Waals surface area contributed by atoms with Crippen LogP contribution in [0.5, 0.6) is 11.5 Å². The zero-order valence-corrected chi connectivity index (χ0v) is 18.8. The number of nitrogens with one attached hydrogen (secondary N) is 3. The lowest BCUT2D eigenvalue weighted by molar-refractivity contribution is -0.136. The van der Waals surface area contributed by atoms with Crippen LogP contribution in [0.3, 0.4) is 0 Å². The number of benzene rings is 2. The van der Waals surface area contributed by atoms with Gasteiger partial charge in [0.1, 0.15) is 11.5 Å². The molecule has 172 valence electrons. The average Bonchev–Trinajstić information content (AvgIpc) is 2.79. The first-order valence-corrected chi connectivity index (χ1v) is 10.4. The van der Waals surface area contributed by atoms with E-state index in [0.29, 0.717) is 30.2 Å². The Hall–Kier alpha value is -3.40. The summed E-state index contributed by atoms with van der Waals surface area (Å²) in [6, 6.07) is 16.6. The van der Waals surface area contributed by atoms with E-state index in [1.54, 1.807) is 43.4 Å². The van der Waals surface area contributed by atoms with Crippen molar-refractivity contribution in [2.24, 2.45) is 5.73 Å². The Bertz CT molecular complexity index is 890. The van der Waals surface area contributed by atoms with Crippen LogP contribution in [0.15, 0.2) is 67.3 Å². The second-order valence-electron chi connectivity index (χ2n) is 7.02. The molecule has 0 aliphatic carbocycles. The molecule has 2 rings (SSSR count). The van der Waals surface area contributed by atoms with Crippen molar-refractivity contribution in [1.29, 1.82) is 0 Å². The number of hydrogen-bond acceptors (Lipinski definition) is 7. The average molecular weight is 441 g/mol. The highest BCUT2D eigenvalue weighted by atomic mass is 16.5. The second kappa shape index (κ2) is 11.8. The van der Waals surface area contributed by atoms with Gasteiger partial charge >= 0.3 is 0 Å². The van der Waals surface area contributed by atoms with E-state index in [-0.39, 0.29) is 18.2 Å². The molecule has 5 N–H and O–H groups in total. The number of nitrogens with zero attached hydrogens (tertiary/aromatic N) is 2. The third-order valence-corrected chi connectivity index (χ3v) is 4.73. The van der Waals surface area contributed by atoms with Crippen molar-refractivity contribution in [2.45, 2.75) is 25.6 Å². The van der Waals surface area contributed by atoms with Crippen molar-refractivity contribution >= 4 is 17.5 Å². The van der Waals surface area contributed by atoms with Crippen LogP contribution in [0.2, 0.25) is 0 Å². The number of anilines is 1. The van der Waals surface area contributed by atoms with Gasteiger partial charge in [-0.2, -0.15) is 0 Å². The van der Waals surface area contributed by atoms with Gasteiger partial charge in [-0.3, -0.25) is 25.8 Å². The molecule has 1 unspecified atom stereocenters. The van der Waals surface area contributed by atoms with Crippen molar-refractivity contribution in [3.63, 3.8) is 0 Å². The lowest BCUT2D eigenvalue weighted by atomic mass is 10.1. The Balaban J connectivity index is 2.41. The molecular formula is C23H32N6O3. The van der Waals surface area contributed by atoms with E-state index in [9.17, 15) is 9.59 Å². The van der Waals surface area contributed by atoms with Gasteiger partial charge in [0.05, 0.1) is 12.1 Å². The van der Waals surface area contributed by atoms with E-state index in [2.05, 4.69) is 22.9 Å². The Morgan fingerprint density at radius 3 is 2.25 bits per heavy atom. The number of carbonyl (C=O) groups is 2. The Morgan fingerprint density at radius 1 is 1.09 bits per heavy atom. The molecule has 0 aromatic heterocycles. The summed E-state index contributed by atoms with van der Waals surface area (Å²) in [5, 5.41) is 1.59. The molecule has 0 radical (unpaired) electrons. The number of hydrazine groups is 2. The zero-order valence-electron chi connectivity index (χ0n) is 18.8. The molecule has 0 aliphatic heterocycles. The van der Waals surface area contributed by atoms with Gasteiger partial charge in [-0.1, -0.05) is 31.7 Å². The highest BCUT2D eigenvalue weighted by molar-refractivity contribution is 5.89. The van der Waals surface area contributed by atoms with E-state index >= 15 is 0 Å². The van der Waals surface area contributed by atoms with Crippen molar-refractivity contribution in [3.05, 3.63) is 67.3 Å². The van der Waals surface area contributed by atoms with E-state index in [1.807, 2.05) is 37.3 Å². The van der Waals surface area contributed by atoms with E-state index in [1.165, 1.54) is 11.0 Å². The van der Waals surface area contributed by atoms with E-state index < -0.39 is 5.79 Å². The van der Waals surface area contributed by atoms with Crippen molar-refractivity contribution in [3.8, 4) is 11.5 Å². The Labute approximate surface area is 189 Å². The SMILES string of the molecule is C=CC(=O)N(CCC)C(N)(CC(=O)NNC)N(NC)c1ccc(Oc2ccccc2)cc1. The largest absolute Gasteiger partial charge is 0.457 e. The van der Waals surface area contributed by atoms with Crippen LogP contribution < -0.4 is 31.8 Å². The van der Waals surface area contributed by atoms with Gasteiger partial charge in [0.25, 0.3) is 0 Å². The summed E-state index contributed by atoms with van der Waals surface area (Å²) in [6.07, 6.45) is 1.64. The third kappa shape index (κ3) is 6.07. The van der Waals surface area contributed by atoms with Gasteiger partial charge in [0, 0.05) is 20.6 Å². The molecule has 9 nitrogen and oxygen atoms in total. The highest BCUT2D eigenvalue weighted by Gasteiger charge is 2.42. The van der Waals surface area contributed by atoms with Crippen LogP contribution in [0.1, 0.15) is 19.8 Å². The Kier molecular flexibility index (Phi) is 9.21. The second-order valence-corrected chi connectivity index (χ2v) is 7.02. The van der Waals surface area contributed by atoms with Crippen LogP contribution in [-0.2, 0) is 9.59 Å². The maximum Gasteiger partial charge on any atom is 0.248 e. The summed E-state index contributed by atoms with van der Waals surface area (Å²) in [4.78, 5) is 26.6. The summed E-state index contributed by atoms with van der Waals surface area (Å²) in [7, 11) is 3.25. The molecule has 2 amide bonds. The van der Waals surface area contributed by atoms with Crippen LogP contribution in [-0.4, -0.2) is 43.1 Å². The van der Waals surface area contributed by atoms with Gasteiger partial charge in [0.15, 0.2) is 5.79 Å². The number of hydrogen-bond donors (Lipinski definition) is 4. The Morgan fingerprint density at radius 2 is 1.72 bits per heavy atom. The third-order valence-electron chi connectivity index (χ3n) is 4.73. The normalized spacial score (nSPS) is 12.4. The fourth-order valence-electron chi connectivity index (χ4n) is 3.38. The quantitative estimate of drug-likeness (QED) is 0.227. The minimum Gasteiger partial charge on any atom is -0.457 e. The van der Waals surface area contributed by atoms with Crippen LogP contribution in [0.4, 0.5) is 5.69 Å². The summed E-state index contributed by atoms with van der Waals surface area (Å²) in [5.41, 5.74) is 15.6. The summed E-state index contributed by atoms with van der Waals surface area (Å²) in [5.74, 6) is -0.917. The van der Waals surface area contributed by atoms with Crippen molar-refractivity contribution in [2.75, 3.05) is 25.6 Å². The standard InChI is InChI=1S/C23H32N6O3/c1-5-16-28(22(31)6-2)23(24,17-21(30)27-25-3)29(26-4)18-12-14-20(15-13-18)32-19-10-8-7-9-11-19/h6-15,25-26H,2,5,16-17,24H2,1,3-4H3,(H,27,30). The molecule has 0 saturated carbocycles. The molecule has 1 atom stereocenters. The minimum absolute atomic E-state index is 0.198. The van der Waals surface area contributed by atoms with Gasteiger partial charge in [-0.15, -0.1) is 0 Å². The van der Waals surface area contributed by atoms with E-state index in [4.69, 9.17) is 10.5 Å². The van der Waals surface area contributed by atoms with Crippen molar-refractivity contribution < 1.29 is 14.3 Å². The number of rotatable bonds is 12. The summed E-state index contributed by atoms with van der Waals surface area (Å²) >= 11 is 0. The number of carbonyl (C=O) groups excluding carboxylic acids is 2. The lowest BCUT2D eigenvalue weighted by Gasteiger charge is -2.48. The molecular weight excluding hydrogens is 408 g/mol. The van der Waals surface area contributed by atoms with E-state index in [0.717, 1.165) is 0 Å². The van der Waals surface area contributed by atoms with Gasteiger partial charge in [-0.05, 0) is 48.9 Å². The zero-order chi connectivity index (χ0) is 23.6. The minimum atomic E-state index is -1.52. The topological polar surface area (TPSA) is 112 Å². The number of para-hydroxylation sites is 1. The maximum absolute atomic E-state index is 12.7. The molecule has 0 aliphatic rings. The molecule has 0 bridgehead atoms. The first-order chi connectivity index (χ1) is 15.4. The number of amides is 2. The first-order valence-electron chi connectivity index (χ1n) is 10.4. The molecule has 0 heterocycles. The van der Waals surface area contributed by atoms with Crippen LogP contribution in [0, 0.1) is 0 Å². The van der Waals surface area contributed by atoms with Crippen molar-refractivity contribution in [1.82, 2.24) is 21.2 Å². The first kappa shape index (κ1) is 24.9. The van der Waals surface area contributed by atoms with Crippen LogP contribution in [0.25, 0.3) is 0 Å². The highest BCUT2D eigenvalue weighted by Crippen LogP contribution is 2.29. The number of ether oxygens (including phenoxy) is 1. The number of nitrogens with two attached hydrogens (primary N) is 1. The molecule has 9 heteroatoms. The summed E-state index contributed by atoms with van der Waals surface area (Å²) in [6.45, 7) is 5.85. The molecule has 0 spiro atoms. The van der Waals surface area contributed by atoms with Gasteiger partial charge in [-0.25, -0.2) is 10.9 Å². The van der Waals surface area contributed by atoms with Crippen LogP contribution >= 0.6 is 0 Å². The smallest absolute Gasteiger partial charge is 0.248 e. The summed E-state index contributed by atoms with van der Waals surface area (Å²) < 4.78 is 5.85.